The van der Waals surface area contributed by atoms with Crippen LogP contribution in [0.1, 0.15) is 24.2 Å². The van der Waals surface area contributed by atoms with Gasteiger partial charge in [-0.2, -0.15) is 0 Å². The van der Waals surface area contributed by atoms with Crippen LogP contribution in [-0.4, -0.2) is 42.0 Å². The summed E-state index contributed by atoms with van der Waals surface area (Å²) in [7, 11) is 1.55. The van der Waals surface area contributed by atoms with Crippen LogP contribution in [0.4, 0.5) is 11.4 Å². The molecule has 0 heterocycles. The summed E-state index contributed by atoms with van der Waals surface area (Å²) in [6, 6.07) is 4.10. The first kappa shape index (κ1) is 16.9. The number of carbonyl (C=O) groups excluding carboxylic acids is 1. The molecule has 0 bridgehead atoms. The van der Waals surface area contributed by atoms with Gasteiger partial charge in [0.25, 0.3) is 11.6 Å². The number of methoxy groups -OCH3 is 1. The Morgan fingerprint density at radius 3 is 2.67 bits per heavy atom. The van der Waals surface area contributed by atoms with Crippen molar-refractivity contribution in [2.45, 2.75) is 19.9 Å². The van der Waals surface area contributed by atoms with Crippen molar-refractivity contribution < 1.29 is 14.5 Å². The maximum absolute atomic E-state index is 12.5. The van der Waals surface area contributed by atoms with Gasteiger partial charge in [0.1, 0.15) is 5.69 Å². The van der Waals surface area contributed by atoms with Gasteiger partial charge < -0.3 is 15.1 Å². The highest BCUT2D eigenvalue weighted by Gasteiger charge is 2.22. The van der Waals surface area contributed by atoms with E-state index in [1.165, 1.54) is 18.2 Å². The lowest BCUT2D eigenvalue weighted by molar-refractivity contribution is -0.384. The molecule has 0 radical (unpaired) electrons. The number of hydrazine groups is 1. The lowest BCUT2D eigenvalue weighted by Crippen LogP contribution is -2.39. The maximum atomic E-state index is 12.5. The van der Waals surface area contributed by atoms with Gasteiger partial charge in [0.2, 0.25) is 0 Å². The van der Waals surface area contributed by atoms with Gasteiger partial charge in [-0.05, 0) is 26.0 Å². The normalized spacial score (nSPS) is 10.5. The molecule has 0 atom stereocenters. The van der Waals surface area contributed by atoms with E-state index in [9.17, 15) is 14.9 Å². The fourth-order valence-electron chi connectivity index (χ4n) is 1.89. The van der Waals surface area contributed by atoms with Crippen molar-refractivity contribution in [2.75, 3.05) is 25.7 Å². The third-order valence-corrected chi connectivity index (χ3v) is 3.02. The zero-order valence-electron chi connectivity index (χ0n) is 12.3. The number of ether oxygens (including phenoxy) is 1. The van der Waals surface area contributed by atoms with E-state index in [1.807, 2.05) is 13.8 Å². The minimum absolute atomic E-state index is 0.0426. The van der Waals surface area contributed by atoms with Crippen LogP contribution >= 0.6 is 0 Å². The molecule has 116 valence electrons. The molecule has 21 heavy (non-hydrogen) atoms. The van der Waals surface area contributed by atoms with Crippen LogP contribution in [0, 0.1) is 10.1 Å². The number of nitrogens with one attached hydrogen (secondary N) is 1. The molecule has 1 rings (SSSR count). The van der Waals surface area contributed by atoms with Crippen LogP contribution in [0.3, 0.4) is 0 Å². The lowest BCUT2D eigenvalue weighted by Gasteiger charge is -2.26. The molecule has 0 unspecified atom stereocenters. The van der Waals surface area contributed by atoms with Gasteiger partial charge in [0.15, 0.2) is 0 Å². The monoisotopic (exact) mass is 296 g/mol. The van der Waals surface area contributed by atoms with Crippen LogP contribution in [0.15, 0.2) is 18.2 Å². The number of nitrogens with zero attached hydrogens (tertiary/aromatic N) is 2. The fraction of sp³-hybridized carbons (Fsp3) is 0.462. The average Bonchev–Trinajstić information content (AvgIpc) is 2.46. The number of hydrogen-bond acceptors (Lipinski definition) is 6. The summed E-state index contributed by atoms with van der Waals surface area (Å²) in [4.78, 5) is 24.5. The number of amides is 1. The second-order valence-electron chi connectivity index (χ2n) is 4.72. The summed E-state index contributed by atoms with van der Waals surface area (Å²) in [6.45, 7) is 4.56. The first-order valence-corrected chi connectivity index (χ1v) is 6.47. The van der Waals surface area contributed by atoms with Crippen molar-refractivity contribution >= 4 is 17.3 Å². The largest absolute Gasteiger partial charge is 0.383 e. The molecule has 0 aliphatic rings. The van der Waals surface area contributed by atoms with Gasteiger partial charge in [-0.3, -0.25) is 20.8 Å². The average molecular weight is 296 g/mol. The number of nitro benzene ring substituents is 1. The highest BCUT2D eigenvalue weighted by Crippen LogP contribution is 2.25. The molecular weight excluding hydrogens is 276 g/mol. The van der Waals surface area contributed by atoms with Crippen molar-refractivity contribution in [3.63, 3.8) is 0 Å². The first-order valence-electron chi connectivity index (χ1n) is 6.47. The van der Waals surface area contributed by atoms with E-state index in [0.29, 0.717) is 13.2 Å². The second-order valence-corrected chi connectivity index (χ2v) is 4.72. The number of nitrogen functional groups attached to an aromatic ring is 1. The van der Waals surface area contributed by atoms with Crippen molar-refractivity contribution in [3.05, 3.63) is 33.9 Å². The standard InChI is InChI=1S/C13H20N4O4/c1-9(2)16(6-7-21-3)13(18)10-4-5-11(15-14)12(8-10)17(19)20/h4-5,8-9,15H,6-7,14H2,1-3H3. The van der Waals surface area contributed by atoms with Crippen molar-refractivity contribution in [3.8, 4) is 0 Å². The van der Waals surface area contributed by atoms with Crippen LogP contribution < -0.4 is 11.3 Å². The third-order valence-electron chi connectivity index (χ3n) is 3.02. The quantitative estimate of drug-likeness (QED) is 0.446. The molecule has 0 aliphatic heterocycles. The van der Waals surface area contributed by atoms with E-state index in [0.717, 1.165) is 0 Å². The van der Waals surface area contributed by atoms with E-state index in [4.69, 9.17) is 10.6 Å². The number of nitrogens with two attached hydrogens (primary N) is 1. The molecule has 0 spiro atoms. The third kappa shape index (κ3) is 4.14. The van der Waals surface area contributed by atoms with Crippen LogP contribution in [0.5, 0.6) is 0 Å². The van der Waals surface area contributed by atoms with E-state index in [-0.39, 0.29) is 28.9 Å². The van der Waals surface area contributed by atoms with E-state index in [2.05, 4.69) is 5.43 Å². The molecule has 1 amide bonds. The molecule has 3 N–H and O–H groups in total. The minimum Gasteiger partial charge on any atom is -0.383 e. The predicted molar refractivity (Wildman–Crippen MR) is 79.0 cm³/mol. The topological polar surface area (TPSA) is 111 Å². The van der Waals surface area contributed by atoms with Gasteiger partial charge in [0, 0.05) is 31.3 Å². The Hall–Kier alpha value is -2.19. The number of anilines is 1. The summed E-state index contributed by atoms with van der Waals surface area (Å²) in [6.07, 6.45) is 0. The Labute approximate surface area is 123 Å². The van der Waals surface area contributed by atoms with E-state index < -0.39 is 4.92 Å². The SMILES string of the molecule is COCCN(C(=O)c1ccc(NN)c([N+](=O)[O-])c1)C(C)C. The predicted octanol–water partition coefficient (Wildman–Crippen LogP) is 1.38. The summed E-state index contributed by atoms with van der Waals surface area (Å²) >= 11 is 0. The summed E-state index contributed by atoms with van der Waals surface area (Å²) in [5.74, 6) is 4.94. The molecular formula is C13H20N4O4. The number of hydrogen-bond donors (Lipinski definition) is 2. The summed E-state index contributed by atoms with van der Waals surface area (Å²) in [5.41, 5.74) is 2.40. The first-order chi connectivity index (χ1) is 9.92. The Morgan fingerprint density at radius 1 is 1.52 bits per heavy atom. The molecule has 1 aromatic carbocycles. The molecule has 8 nitrogen and oxygen atoms in total. The molecule has 0 fully saturated rings. The van der Waals surface area contributed by atoms with Crippen molar-refractivity contribution in [2.24, 2.45) is 5.84 Å². The van der Waals surface area contributed by atoms with E-state index in [1.54, 1.807) is 12.0 Å². The molecule has 8 heteroatoms. The minimum atomic E-state index is -0.582. The van der Waals surface area contributed by atoms with Gasteiger partial charge in [-0.25, -0.2) is 0 Å². The fourth-order valence-corrected chi connectivity index (χ4v) is 1.89. The van der Waals surface area contributed by atoms with E-state index >= 15 is 0 Å². The Bertz CT molecular complexity index is 519. The Morgan fingerprint density at radius 2 is 2.19 bits per heavy atom. The van der Waals surface area contributed by atoms with Gasteiger partial charge in [0.05, 0.1) is 11.5 Å². The lowest BCUT2D eigenvalue weighted by atomic mass is 10.1. The summed E-state index contributed by atoms with van der Waals surface area (Å²) in [5, 5.41) is 11.0. The molecule has 0 saturated carbocycles. The summed E-state index contributed by atoms with van der Waals surface area (Å²) < 4.78 is 4.98. The highest BCUT2D eigenvalue weighted by atomic mass is 16.6. The Kier molecular flexibility index (Phi) is 6.07. The molecule has 0 aromatic heterocycles. The number of benzene rings is 1. The van der Waals surface area contributed by atoms with Crippen molar-refractivity contribution in [1.29, 1.82) is 0 Å². The van der Waals surface area contributed by atoms with Crippen LogP contribution in [-0.2, 0) is 4.74 Å². The van der Waals surface area contributed by atoms with Crippen molar-refractivity contribution in [1.82, 2.24) is 4.90 Å². The molecule has 0 saturated heterocycles. The number of carbonyl (C=O) groups is 1. The van der Waals surface area contributed by atoms with Gasteiger partial charge >= 0.3 is 0 Å². The molecule has 0 aliphatic carbocycles. The van der Waals surface area contributed by atoms with Crippen LogP contribution in [0.2, 0.25) is 0 Å². The second kappa shape index (κ2) is 7.55. The van der Waals surface area contributed by atoms with Gasteiger partial charge in [-0.15, -0.1) is 0 Å². The number of nitro groups is 1. The Balaban J connectivity index is 3.10. The zero-order chi connectivity index (χ0) is 16.0. The zero-order valence-corrected chi connectivity index (χ0v) is 12.3. The van der Waals surface area contributed by atoms with Crippen LogP contribution in [0.25, 0.3) is 0 Å². The number of rotatable bonds is 7. The smallest absolute Gasteiger partial charge is 0.294 e. The maximum Gasteiger partial charge on any atom is 0.294 e. The highest BCUT2D eigenvalue weighted by molar-refractivity contribution is 5.96. The van der Waals surface area contributed by atoms with Gasteiger partial charge in [-0.1, -0.05) is 0 Å². The molecule has 1 aromatic rings.